The Hall–Kier alpha value is -0.120. The molecule has 0 aliphatic rings. The van der Waals surface area contributed by atoms with Crippen LogP contribution in [-0.2, 0) is 5.11 Å². The van der Waals surface area contributed by atoms with E-state index in [-0.39, 0.29) is 12.6 Å². The molecule has 0 rings (SSSR count). The molecule has 0 amide bonds. The molecule has 4 N–H and O–H groups in total. The number of unbranched alkanes of at least 4 members (excludes halogenated alkanes) is 1. The van der Waals surface area contributed by atoms with Crippen LogP contribution in [-0.4, -0.2) is 19.2 Å². The van der Waals surface area contributed by atoms with Crippen molar-refractivity contribution in [1.29, 1.82) is 0 Å². The summed E-state index contributed by atoms with van der Waals surface area (Å²) in [5.41, 5.74) is 10.6. The second-order valence-corrected chi connectivity index (χ2v) is 2.21. The summed E-state index contributed by atoms with van der Waals surface area (Å²) < 4.78 is 0. The van der Waals surface area contributed by atoms with Crippen LogP contribution in [0.15, 0.2) is 0 Å². The van der Waals surface area contributed by atoms with Crippen LogP contribution < -0.4 is 11.5 Å². The Balaban J connectivity index is 2.88. The molecule has 9 heavy (non-hydrogen) atoms. The Morgan fingerprint density at radius 2 is 2.00 bits per heavy atom. The van der Waals surface area contributed by atoms with Crippen LogP contribution in [0.2, 0.25) is 0 Å². The zero-order valence-corrected chi connectivity index (χ0v) is 5.68. The van der Waals surface area contributed by atoms with Gasteiger partial charge in [-0.3, -0.25) is 0 Å². The molecule has 0 saturated heterocycles. The van der Waals surface area contributed by atoms with Gasteiger partial charge in [0.2, 0.25) is 0 Å². The average molecular weight is 131 g/mol. The summed E-state index contributed by atoms with van der Waals surface area (Å²) >= 11 is 0. The fraction of sp³-hybridized carbons (Fsp3) is 1.00. The molecule has 55 valence electrons. The van der Waals surface area contributed by atoms with Gasteiger partial charge in [0.1, 0.15) is 0 Å². The smallest absolute Gasteiger partial charge is 0.0973 e. The first-order valence-corrected chi connectivity index (χ1v) is 3.35. The minimum atomic E-state index is -0.162. The van der Waals surface area contributed by atoms with Gasteiger partial charge in [-0.05, 0) is 19.4 Å². The topological polar surface area (TPSA) is 71.9 Å². The zero-order valence-electron chi connectivity index (χ0n) is 5.68. The van der Waals surface area contributed by atoms with Crippen molar-refractivity contribution in [2.75, 3.05) is 13.2 Å². The Labute approximate surface area is 56.0 Å². The second kappa shape index (κ2) is 6.01. The van der Waals surface area contributed by atoms with E-state index >= 15 is 0 Å². The van der Waals surface area contributed by atoms with E-state index in [2.05, 4.69) is 0 Å². The molecule has 0 fully saturated rings. The molecule has 0 saturated carbocycles. The van der Waals surface area contributed by atoms with E-state index in [9.17, 15) is 5.11 Å². The van der Waals surface area contributed by atoms with Crippen molar-refractivity contribution in [3.8, 4) is 0 Å². The lowest BCUT2D eigenvalue weighted by atomic mass is 10.1. The molecule has 0 aromatic heterocycles. The SMILES string of the molecule is NCCCCC(N)C[O]. The van der Waals surface area contributed by atoms with E-state index in [1.165, 1.54) is 0 Å². The minimum Gasteiger partial charge on any atom is -0.330 e. The van der Waals surface area contributed by atoms with Gasteiger partial charge in [0.05, 0.1) is 6.61 Å². The maximum Gasteiger partial charge on any atom is 0.0973 e. The molecule has 0 spiro atoms. The highest BCUT2D eigenvalue weighted by atomic mass is 16.3. The second-order valence-electron chi connectivity index (χ2n) is 2.21. The summed E-state index contributed by atoms with van der Waals surface area (Å²) in [6, 6.07) is -0.156. The summed E-state index contributed by atoms with van der Waals surface area (Å²) in [6.45, 7) is 0.538. The van der Waals surface area contributed by atoms with Gasteiger partial charge in [-0.2, -0.15) is 0 Å². The van der Waals surface area contributed by atoms with Crippen molar-refractivity contribution in [2.45, 2.75) is 25.3 Å². The first-order chi connectivity index (χ1) is 4.31. The Morgan fingerprint density at radius 3 is 2.44 bits per heavy atom. The molecule has 3 nitrogen and oxygen atoms in total. The lowest BCUT2D eigenvalue weighted by molar-refractivity contribution is 0.168. The van der Waals surface area contributed by atoms with E-state index in [4.69, 9.17) is 11.5 Å². The highest BCUT2D eigenvalue weighted by Crippen LogP contribution is 1.96. The molecule has 0 heterocycles. The molecule has 1 radical (unpaired) electrons. The number of nitrogens with two attached hydrogens (primary N) is 2. The lowest BCUT2D eigenvalue weighted by Gasteiger charge is -2.03. The third kappa shape index (κ3) is 5.76. The normalized spacial score (nSPS) is 13.7. The van der Waals surface area contributed by atoms with Crippen LogP contribution >= 0.6 is 0 Å². The van der Waals surface area contributed by atoms with Crippen molar-refractivity contribution in [3.05, 3.63) is 0 Å². The zero-order chi connectivity index (χ0) is 7.11. The Bertz CT molecular complexity index is 59.0. The first-order valence-electron chi connectivity index (χ1n) is 3.35. The average Bonchev–Trinajstić information content (AvgIpc) is 1.89. The molecular formula is C6H15N2O. The summed E-state index contributed by atoms with van der Waals surface area (Å²) in [5.74, 6) is 0. The molecule has 0 bridgehead atoms. The third-order valence-corrected chi connectivity index (χ3v) is 1.24. The predicted molar refractivity (Wildman–Crippen MR) is 36.4 cm³/mol. The van der Waals surface area contributed by atoms with E-state index in [0.29, 0.717) is 6.54 Å². The van der Waals surface area contributed by atoms with Gasteiger partial charge < -0.3 is 11.5 Å². The highest BCUT2D eigenvalue weighted by molar-refractivity contribution is 4.57. The molecule has 1 unspecified atom stereocenters. The van der Waals surface area contributed by atoms with Gasteiger partial charge in [0.25, 0.3) is 0 Å². The third-order valence-electron chi connectivity index (χ3n) is 1.24. The van der Waals surface area contributed by atoms with Gasteiger partial charge in [0, 0.05) is 6.04 Å². The molecule has 0 aliphatic carbocycles. The quantitative estimate of drug-likeness (QED) is 0.510. The van der Waals surface area contributed by atoms with Gasteiger partial charge in [-0.1, -0.05) is 6.42 Å². The maximum atomic E-state index is 10.1. The van der Waals surface area contributed by atoms with Crippen molar-refractivity contribution in [1.82, 2.24) is 0 Å². The van der Waals surface area contributed by atoms with Crippen molar-refractivity contribution < 1.29 is 5.11 Å². The van der Waals surface area contributed by atoms with Crippen molar-refractivity contribution >= 4 is 0 Å². The summed E-state index contributed by atoms with van der Waals surface area (Å²) in [7, 11) is 0. The van der Waals surface area contributed by atoms with E-state index in [0.717, 1.165) is 19.3 Å². The summed E-state index contributed by atoms with van der Waals surface area (Å²) in [5, 5.41) is 10.1. The van der Waals surface area contributed by atoms with E-state index < -0.39 is 0 Å². The minimum absolute atomic E-state index is 0.156. The standard InChI is InChI=1S/C6H15N2O/c7-4-2-1-3-6(8)5-9/h6H,1-5,7-8H2. The molecular weight excluding hydrogens is 116 g/mol. The highest BCUT2D eigenvalue weighted by Gasteiger charge is 1.98. The Morgan fingerprint density at radius 1 is 1.33 bits per heavy atom. The van der Waals surface area contributed by atoms with E-state index in [1.807, 2.05) is 0 Å². The monoisotopic (exact) mass is 131 g/mol. The van der Waals surface area contributed by atoms with Gasteiger partial charge in [-0.25, -0.2) is 5.11 Å². The van der Waals surface area contributed by atoms with Gasteiger partial charge in [0.15, 0.2) is 0 Å². The van der Waals surface area contributed by atoms with Crippen LogP contribution in [0, 0.1) is 0 Å². The molecule has 0 aromatic rings. The molecule has 0 aliphatic heterocycles. The fourth-order valence-electron chi connectivity index (χ4n) is 0.634. The summed E-state index contributed by atoms with van der Waals surface area (Å²) in [6.07, 6.45) is 2.79. The number of rotatable bonds is 5. The first kappa shape index (κ1) is 8.88. The number of hydrogen-bond acceptors (Lipinski definition) is 2. The van der Waals surface area contributed by atoms with Crippen LogP contribution in [0.3, 0.4) is 0 Å². The van der Waals surface area contributed by atoms with Crippen molar-refractivity contribution in [3.63, 3.8) is 0 Å². The van der Waals surface area contributed by atoms with Crippen LogP contribution in [0.5, 0.6) is 0 Å². The maximum absolute atomic E-state index is 10.1. The Kier molecular flexibility index (Phi) is 5.93. The summed E-state index contributed by atoms with van der Waals surface area (Å²) in [4.78, 5) is 0. The van der Waals surface area contributed by atoms with Crippen LogP contribution in [0.25, 0.3) is 0 Å². The van der Waals surface area contributed by atoms with E-state index in [1.54, 1.807) is 0 Å². The van der Waals surface area contributed by atoms with Crippen LogP contribution in [0.1, 0.15) is 19.3 Å². The van der Waals surface area contributed by atoms with Crippen molar-refractivity contribution in [2.24, 2.45) is 11.5 Å². The van der Waals surface area contributed by atoms with Gasteiger partial charge >= 0.3 is 0 Å². The number of hydrogen-bond donors (Lipinski definition) is 2. The molecule has 0 aromatic carbocycles. The van der Waals surface area contributed by atoms with Crippen LogP contribution in [0.4, 0.5) is 0 Å². The largest absolute Gasteiger partial charge is 0.330 e. The lowest BCUT2D eigenvalue weighted by Crippen LogP contribution is -2.23. The fourth-order valence-corrected chi connectivity index (χ4v) is 0.634. The predicted octanol–water partition coefficient (Wildman–Crippen LogP) is -0.127. The molecule has 3 heteroatoms. The molecule has 1 atom stereocenters. The van der Waals surface area contributed by atoms with Gasteiger partial charge in [-0.15, -0.1) is 0 Å².